The number of nitrogens with two attached hydrogens (primary N) is 1. The smallest absolute Gasteiger partial charge is 0.409 e. The summed E-state index contributed by atoms with van der Waals surface area (Å²) in [6.45, 7) is 3.72. The molecule has 0 spiro atoms. The van der Waals surface area contributed by atoms with Gasteiger partial charge in [-0.2, -0.15) is 0 Å². The Balaban J connectivity index is 1.78. The molecule has 2 aromatic heterocycles. The summed E-state index contributed by atoms with van der Waals surface area (Å²) in [6.07, 6.45) is -0.155. The Morgan fingerprint density at radius 2 is 2.09 bits per heavy atom. The van der Waals surface area contributed by atoms with E-state index in [2.05, 4.69) is 0 Å². The molecule has 3 aromatic rings. The molecule has 164 valence electrons. The van der Waals surface area contributed by atoms with Gasteiger partial charge in [-0.15, -0.1) is 0 Å². The number of rotatable bonds is 3. The summed E-state index contributed by atoms with van der Waals surface area (Å²) in [4.78, 5) is 41.7. The van der Waals surface area contributed by atoms with E-state index in [-0.39, 0.29) is 36.3 Å². The van der Waals surface area contributed by atoms with Crippen molar-refractivity contribution in [1.82, 2.24) is 9.55 Å². The first-order chi connectivity index (χ1) is 15.3. The fourth-order valence-corrected chi connectivity index (χ4v) is 4.58. The molecule has 1 atom stereocenters. The van der Waals surface area contributed by atoms with Crippen molar-refractivity contribution in [1.29, 1.82) is 0 Å². The number of esters is 1. The first kappa shape index (κ1) is 20.2. The zero-order valence-corrected chi connectivity index (χ0v) is 17.6. The van der Waals surface area contributed by atoms with E-state index in [0.29, 0.717) is 34.5 Å². The highest BCUT2D eigenvalue weighted by Crippen LogP contribution is 2.40. The lowest BCUT2D eigenvalue weighted by atomic mass is 9.86. The van der Waals surface area contributed by atoms with E-state index in [9.17, 15) is 19.5 Å². The van der Waals surface area contributed by atoms with Crippen LogP contribution in [0.15, 0.2) is 29.1 Å². The summed E-state index contributed by atoms with van der Waals surface area (Å²) in [5.41, 5.74) is 6.98. The lowest BCUT2D eigenvalue weighted by Crippen LogP contribution is -2.44. The molecular formula is C23H21N3O6. The van der Waals surface area contributed by atoms with Crippen LogP contribution in [0.2, 0.25) is 0 Å². The molecule has 4 heterocycles. The van der Waals surface area contributed by atoms with Crippen molar-refractivity contribution >= 4 is 23.0 Å². The molecule has 0 radical (unpaired) electrons. The van der Waals surface area contributed by atoms with Gasteiger partial charge in [0.05, 0.1) is 29.0 Å². The average molecular weight is 435 g/mol. The number of aromatic nitrogens is 2. The minimum absolute atomic E-state index is 0.0769. The van der Waals surface area contributed by atoms with Gasteiger partial charge < -0.3 is 24.9 Å². The van der Waals surface area contributed by atoms with Crippen LogP contribution in [0.5, 0.6) is 5.75 Å². The molecule has 0 saturated carbocycles. The number of hydrogen-bond donors (Lipinski definition) is 2. The van der Waals surface area contributed by atoms with Crippen molar-refractivity contribution in [3.05, 3.63) is 56.9 Å². The molecule has 32 heavy (non-hydrogen) atoms. The number of aryl methyl sites for hydroxylation is 1. The largest absolute Gasteiger partial charge is 0.458 e. The van der Waals surface area contributed by atoms with Crippen LogP contribution in [-0.4, -0.2) is 26.7 Å². The van der Waals surface area contributed by atoms with Crippen molar-refractivity contribution in [2.75, 3.05) is 0 Å². The van der Waals surface area contributed by atoms with Crippen LogP contribution in [0.4, 0.5) is 4.79 Å². The van der Waals surface area contributed by atoms with Crippen molar-refractivity contribution < 1.29 is 24.2 Å². The third-order valence-corrected chi connectivity index (χ3v) is 6.31. The van der Waals surface area contributed by atoms with E-state index in [1.807, 2.05) is 19.1 Å². The summed E-state index contributed by atoms with van der Waals surface area (Å²) in [7, 11) is 0. The fraction of sp³-hybridized carbons (Fsp3) is 0.304. The van der Waals surface area contributed by atoms with Crippen LogP contribution in [0.1, 0.15) is 42.5 Å². The standard InChI is InChI=1S/C23H21N3O6/c1-3-11-5-6-17(32-22(24)29)13-7-12-9-26-16(19(12)25-18(11)13)8-15-14(20(26)27)10-31-21(28)23(15,30)4-2/h5-8,30H,3-4,9-10H2,1-2H3,(H2,24,29)/t23-/m0/s1. The number of ether oxygens (including phenoxy) is 2. The number of primary amides is 1. The molecule has 0 fully saturated rings. The number of pyridine rings is 2. The predicted octanol–water partition coefficient (Wildman–Crippen LogP) is 2.10. The Labute approximate surface area is 182 Å². The minimum Gasteiger partial charge on any atom is -0.458 e. The van der Waals surface area contributed by atoms with E-state index in [4.69, 9.17) is 20.2 Å². The molecule has 2 aliphatic rings. The Bertz CT molecular complexity index is 1390. The van der Waals surface area contributed by atoms with Gasteiger partial charge in [0.1, 0.15) is 12.4 Å². The maximum Gasteiger partial charge on any atom is 0.409 e. The molecule has 0 saturated heterocycles. The van der Waals surface area contributed by atoms with Gasteiger partial charge in [-0.05, 0) is 36.6 Å². The van der Waals surface area contributed by atoms with Gasteiger partial charge in [0.2, 0.25) is 0 Å². The first-order valence-electron chi connectivity index (χ1n) is 10.4. The topological polar surface area (TPSA) is 134 Å². The number of hydrogen-bond acceptors (Lipinski definition) is 7. The Morgan fingerprint density at radius 1 is 1.31 bits per heavy atom. The molecule has 1 aromatic carbocycles. The number of cyclic esters (lactones) is 1. The second-order valence-electron chi connectivity index (χ2n) is 7.99. The van der Waals surface area contributed by atoms with Crippen molar-refractivity contribution in [3.63, 3.8) is 0 Å². The average Bonchev–Trinajstić information content (AvgIpc) is 3.13. The molecule has 2 aliphatic heterocycles. The van der Waals surface area contributed by atoms with E-state index >= 15 is 0 Å². The lowest BCUT2D eigenvalue weighted by molar-refractivity contribution is -0.172. The zero-order valence-electron chi connectivity index (χ0n) is 17.6. The van der Waals surface area contributed by atoms with Crippen LogP contribution >= 0.6 is 0 Å². The van der Waals surface area contributed by atoms with Gasteiger partial charge in [0, 0.05) is 16.5 Å². The summed E-state index contributed by atoms with van der Waals surface area (Å²) < 4.78 is 11.8. The highest BCUT2D eigenvalue weighted by Gasteiger charge is 2.45. The Hall–Kier alpha value is -3.72. The monoisotopic (exact) mass is 435 g/mol. The van der Waals surface area contributed by atoms with Gasteiger partial charge in [-0.1, -0.05) is 19.9 Å². The van der Waals surface area contributed by atoms with E-state index in [1.165, 1.54) is 0 Å². The maximum atomic E-state index is 13.3. The van der Waals surface area contributed by atoms with Crippen LogP contribution in [0, 0.1) is 0 Å². The fourth-order valence-electron chi connectivity index (χ4n) is 4.58. The highest BCUT2D eigenvalue weighted by atomic mass is 16.6. The molecule has 5 rings (SSSR count). The minimum atomic E-state index is -1.88. The predicted molar refractivity (Wildman–Crippen MR) is 114 cm³/mol. The van der Waals surface area contributed by atoms with E-state index < -0.39 is 17.7 Å². The van der Waals surface area contributed by atoms with Gasteiger partial charge in [-0.3, -0.25) is 4.79 Å². The number of benzene rings is 1. The van der Waals surface area contributed by atoms with Gasteiger partial charge >= 0.3 is 12.1 Å². The number of carbonyl (C=O) groups is 2. The number of aliphatic hydroxyl groups is 1. The summed E-state index contributed by atoms with van der Waals surface area (Å²) in [6, 6.07) is 7.01. The number of nitrogens with zero attached hydrogens (tertiary/aromatic N) is 2. The molecular weight excluding hydrogens is 414 g/mol. The van der Waals surface area contributed by atoms with Crippen molar-refractivity contribution in [2.45, 2.75) is 45.4 Å². The van der Waals surface area contributed by atoms with Gasteiger partial charge in [-0.25, -0.2) is 14.6 Å². The molecule has 0 aliphatic carbocycles. The summed E-state index contributed by atoms with van der Waals surface area (Å²) in [5.74, 6) is -0.468. The van der Waals surface area contributed by atoms with Gasteiger partial charge in [0.15, 0.2) is 5.60 Å². The maximum absolute atomic E-state index is 13.3. The van der Waals surface area contributed by atoms with Crippen LogP contribution in [-0.2, 0) is 34.7 Å². The normalized spacial score (nSPS) is 18.7. The third-order valence-electron chi connectivity index (χ3n) is 6.31. The SMILES string of the molecule is CCc1ccc(OC(N)=O)c2cc3c(nc12)-c1cc2c(c(=O)n1C3)COC(=O)[C@]2(O)CC. The first-order valence-corrected chi connectivity index (χ1v) is 10.4. The van der Waals surface area contributed by atoms with Crippen molar-refractivity contribution in [2.24, 2.45) is 5.73 Å². The number of amides is 1. The van der Waals surface area contributed by atoms with E-state index in [1.54, 1.807) is 23.6 Å². The molecule has 3 N–H and O–H groups in total. The summed E-state index contributed by atoms with van der Waals surface area (Å²) >= 11 is 0. The molecule has 1 amide bonds. The highest BCUT2D eigenvalue weighted by molar-refractivity contribution is 5.93. The number of carbonyl (C=O) groups excluding carboxylic acids is 2. The lowest BCUT2D eigenvalue weighted by Gasteiger charge is -2.31. The third kappa shape index (κ3) is 2.67. The second kappa shape index (κ2) is 6.89. The van der Waals surface area contributed by atoms with Crippen LogP contribution in [0.25, 0.3) is 22.3 Å². The number of fused-ring (bicyclic) bond motifs is 5. The van der Waals surface area contributed by atoms with Gasteiger partial charge in [0.25, 0.3) is 5.56 Å². The molecule has 9 heteroatoms. The molecule has 0 bridgehead atoms. The molecule has 9 nitrogen and oxygen atoms in total. The van der Waals surface area contributed by atoms with Crippen LogP contribution in [0.3, 0.4) is 0 Å². The Morgan fingerprint density at radius 3 is 2.78 bits per heavy atom. The van der Waals surface area contributed by atoms with Crippen LogP contribution < -0.4 is 16.0 Å². The summed E-state index contributed by atoms with van der Waals surface area (Å²) in [5, 5.41) is 11.6. The zero-order chi connectivity index (χ0) is 22.8. The second-order valence-corrected chi connectivity index (χ2v) is 7.99. The Kier molecular flexibility index (Phi) is 4.35. The van der Waals surface area contributed by atoms with Crippen molar-refractivity contribution in [3.8, 4) is 17.1 Å². The molecule has 0 unspecified atom stereocenters. The van der Waals surface area contributed by atoms with E-state index in [0.717, 1.165) is 11.1 Å². The quantitative estimate of drug-likeness (QED) is 0.471.